The first-order chi connectivity index (χ1) is 12.4. The maximum atomic E-state index is 13.1. The molecule has 0 fully saturated rings. The van der Waals surface area contributed by atoms with Gasteiger partial charge in [0.2, 0.25) is 5.91 Å². The average molecular weight is 356 g/mol. The van der Waals surface area contributed by atoms with Crippen LogP contribution in [0.1, 0.15) is 10.4 Å². The summed E-state index contributed by atoms with van der Waals surface area (Å²) in [6.45, 7) is -0.399. The molecule has 0 aliphatic carbocycles. The summed E-state index contributed by atoms with van der Waals surface area (Å²) in [5, 5.41) is 16.2. The third kappa shape index (κ3) is 3.77. The number of anilines is 1. The SMILES string of the molecule is O=C(CNC(=O)c1cc2ccccc2cc1O)Nc1ccc(F)c(F)c1. The van der Waals surface area contributed by atoms with Crippen molar-refractivity contribution in [3.8, 4) is 5.75 Å². The van der Waals surface area contributed by atoms with Crippen LogP contribution in [0.4, 0.5) is 14.5 Å². The molecule has 0 radical (unpaired) electrons. The van der Waals surface area contributed by atoms with Crippen LogP contribution in [0.3, 0.4) is 0 Å². The molecule has 26 heavy (non-hydrogen) atoms. The van der Waals surface area contributed by atoms with E-state index >= 15 is 0 Å². The minimum Gasteiger partial charge on any atom is -0.507 e. The van der Waals surface area contributed by atoms with Crippen LogP contribution in [0.25, 0.3) is 10.8 Å². The molecular weight excluding hydrogens is 342 g/mol. The maximum absolute atomic E-state index is 13.1. The van der Waals surface area contributed by atoms with Gasteiger partial charge in [-0.25, -0.2) is 8.78 Å². The summed E-state index contributed by atoms with van der Waals surface area (Å²) < 4.78 is 26.0. The molecule has 3 aromatic carbocycles. The van der Waals surface area contributed by atoms with E-state index in [4.69, 9.17) is 0 Å². The Morgan fingerprint density at radius 3 is 2.31 bits per heavy atom. The summed E-state index contributed by atoms with van der Waals surface area (Å²) in [6, 6.07) is 13.1. The van der Waals surface area contributed by atoms with Gasteiger partial charge < -0.3 is 15.7 Å². The Morgan fingerprint density at radius 2 is 1.62 bits per heavy atom. The highest BCUT2D eigenvalue weighted by atomic mass is 19.2. The highest BCUT2D eigenvalue weighted by Crippen LogP contribution is 2.24. The van der Waals surface area contributed by atoms with Gasteiger partial charge in [-0.1, -0.05) is 24.3 Å². The fourth-order valence-corrected chi connectivity index (χ4v) is 2.44. The average Bonchev–Trinajstić information content (AvgIpc) is 2.62. The first kappa shape index (κ1) is 17.3. The molecule has 5 nitrogen and oxygen atoms in total. The van der Waals surface area contributed by atoms with Crippen molar-refractivity contribution in [2.24, 2.45) is 0 Å². The van der Waals surface area contributed by atoms with Crippen LogP contribution in [0, 0.1) is 11.6 Å². The van der Waals surface area contributed by atoms with E-state index in [2.05, 4.69) is 10.6 Å². The molecular formula is C19H14F2N2O3. The second-order valence-corrected chi connectivity index (χ2v) is 5.58. The standard InChI is InChI=1S/C19H14F2N2O3/c20-15-6-5-13(9-16(15)21)23-18(25)10-22-19(26)14-7-11-3-1-2-4-12(11)8-17(14)24/h1-9,24H,10H2,(H,22,26)(H,23,25). The number of halogens is 2. The van der Waals surface area contributed by atoms with Crippen molar-refractivity contribution in [1.82, 2.24) is 5.32 Å². The summed E-state index contributed by atoms with van der Waals surface area (Å²) in [4.78, 5) is 24.0. The smallest absolute Gasteiger partial charge is 0.255 e. The minimum atomic E-state index is -1.09. The van der Waals surface area contributed by atoms with E-state index in [0.717, 1.165) is 22.9 Å². The molecule has 0 aliphatic rings. The van der Waals surface area contributed by atoms with Gasteiger partial charge in [-0.15, -0.1) is 0 Å². The predicted octanol–water partition coefficient (Wildman–Crippen LogP) is 3.19. The van der Waals surface area contributed by atoms with Gasteiger partial charge in [0.1, 0.15) is 5.75 Å². The number of phenolic OH excluding ortho intramolecular Hbond substituents is 1. The van der Waals surface area contributed by atoms with Gasteiger partial charge in [-0.3, -0.25) is 9.59 Å². The lowest BCUT2D eigenvalue weighted by Crippen LogP contribution is -2.32. The number of benzene rings is 3. The number of hydrogen-bond acceptors (Lipinski definition) is 3. The molecule has 3 rings (SSSR count). The van der Waals surface area contributed by atoms with Crippen molar-refractivity contribution in [3.05, 3.63) is 71.8 Å². The number of carbonyl (C=O) groups is 2. The normalized spacial score (nSPS) is 10.5. The van der Waals surface area contributed by atoms with Crippen molar-refractivity contribution >= 4 is 28.3 Å². The van der Waals surface area contributed by atoms with Crippen LogP contribution in [0.5, 0.6) is 5.75 Å². The Hall–Kier alpha value is -3.48. The summed E-state index contributed by atoms with van der Waals surface area (Å²) in [6.07, 6.45) is 0. The fourth-order valence-electron chi connectivity index (χ4n) is 2.44. The monoisotopic (exact) mass is 356 g/mol. The highest BCUT2D eigenvalue weighted by molar-refractivity contribution is 6.03. The number of phenols is 1. The van der Waals surface area contributed by atoms with Crippen molar-refractivity contribution in [2.75, 3.05) is 11.9 Å². The maximum Gasteiger partial charge on any atom is 0.255 e. The number of nitrogens with one attached hydrogen (secondary N) is 2. The van der Waals surface area contributed by atoms with Gasteiger partial charge in [-0.05, 0) is 35.0 Å². The molecule has 0 saturated carbocycles. The number of rotatable bonds is 4. The first-order valence-corrected chi connectivity index (χ1v) is 7.69. The van der Waals surface area contributed by atoms with E-state index < -0.39 is 30.0 Å². The van der Waals surface area contributed by atoms with Gasteiger partial charge in [0.15, 0.2) is 11.6 Å². The molecule has 0 spiro atoms. The number of amides is 2. The highest BCUT2D eigenvalue weighted by Gasteiger charge is 2.14. The zero-order valence-electron chi connectivity index (χ0n) is 13.4. The van der Waals surface area contributed by atoms with E-state index in [1.54, 1.807) is 18.2 Å². The molecule has 0 heterocycles. The van der Waals surface area contributed by atoms with Crippen molar-refractivity contribution in [2.45, 2.75) is 0 Å². The van der Waals surface area contributed by atoms with Gasteiger partial charge in [0.05, 0.1) is 12.1 Å². The van der Waals surface area contributed by atoms with E-state index in [0.29, 0.717) is 0 Å². The van der Waals surface area contributed by atoms with Gasteiger partial charge >= 0.3 is 0 Å². The predicted molar refractivity (Wildman–Crippen MR) is 92.9 cm³/mol. The molecule has 3 N–H and O–H groups in total. The quantitative estimate of drug-likeness (QED) is 0.672. The third-order valence-corrected chi connectivity index (χ3v) is 3.72. The van der Waals surface area contributed by atoms with E-state index in [-0.39, 0.29) is 17.0 Å². The zero-order valence-corrected chi connectivity index (χ0v) is 13.4. The minimum absolute atomic E-state index is 0.0318. The van der Waals surface area contributed by atoms with Crippen LogP contribution in [0.15, 0.2) is 54.6 Å². The van der Waals surface area contributed by atoms with Crippen LogP contribution in [-0.4, -0.2) is 23.5 Å². The molecule has 2 amide bonds. The fraction of sp³-hybridized carbons (Fsp3) is 0.0526. The third-order valence-electron chi connectivity index (χ3n) is 3.72. The van der Waals surface area contributed by atoms with Gasteiger partial charge in [-0.2, -0.15) is 0 Å². The molecule has 7 heteroatoms. The van der Waals surface area contributed by atoms with Gasteiger partial charge in [0, 0.05) is 11.8 Å². The topological polar surface area (TPSA) is 78.4 Å². The number of carbonyl (C=O) groups excluding carboxylic acids is 2. The number of hydrogen-bond donors (Lipinski definition) is 3. The summed E-state index contributed by atoms with van der Waals surface area (Å²) >= 11 is 0. The van der Waals surface area contributed by atoms with Crippen LogP contribution in [0.2, 0.25) is 0 Å². The second-order valence-electron chi connectivity index (χ2n) is 5.58. The van der Waals surface area contributed by atoms with Crippen LogP contribution in [-0.2, 0) is 4.79 Å². The molecule has 0 saturated heterocycles. The van der Waals surface area contributed by atoms with Crippen LogP contribution >= 0.6 is 0 Å². The van der Waals surface area contributed by atoms with Gasteiger partial charge in [0.25, 0.3) is 5.91 Å². The lowest BCUT2D eigenvalue weighted by molar-refractivity contribution is -0.115. The Morgan fingerprint density at radius 1 is 0.923 bits per heavy atom. The molecule has 0 aromatic heterocycles. The Bertz CT molecular complexity index is 1010. The zero-order chi connectivity index (χ0) is 18.7. The molecule has 0 aliphatic heterocycles. The van der Waals surface area contributed by atoms with Crippen LogP contribution < -0.4 is 10.6 Å². The lowest BCUT2D eigenvalue weighted by atomic mass is 10.1. The molecule has 0 bridgehead atoms. The lowest BCUT2D eigenvalue weighted by Gasteiger charge is -2.09. The Kier molecular flexibility index (Phi) is 4.79. The summed E-state index contributed by atoms with van der Waals surface area (Å²) in [5.74, 6) is -3.57. The second kappa shape index (κ2) is 7.18. The van der Waals surface area contributed by atoms with Crippen molar-refractivity contribution in [3.63, 3.8) is 0 Å². The summed E-state index contributed by atoms with van der Waals surface area (Å²) in [5.41, 5.74) is 0.0982. The molecule has 132 valence electrons. The largest absolute Gasteiger partial charge is 0.507 e. The van der Waals surface area contributed by atoms with E-state index in [1.165, 1.54) is 18.2 Å². The Balaban J connectivity index is 1.65. The molecule has 0 unspecified atom stereocenters. The van der Waals surface area contributed by atoms with E-state index in [9.17, 15) is 23.5 Å². The first-order valence-electron chi connectivity index (χ1n) is 7.69. The summed E-state index contributed by atoms with van der Waals surface area (Å²) in [7, 11) is 0. The molecule has 3 aromatic rings. The van der Waals surface area contributed by atoms with Crippen molar-refractivity contribution in [1.29, 1.82) is 0 Å². The number of aromatic hydroxyl groups is 1. The number of fused-ring (bicyclic) bond motifs is 1. The van der Waals surface area contributed by atoms with Crippen molar-refractivity contribution < 1.29 is 23.5 Å². The Labute approximate surface area is 147 Å². The molecule has 0 atom stereocenters. The van der Waals surface area contributed by atoms with E-state index in [1.807, 2.05) is 6.07 Å².